The molecule has 1 aromatic rings. The zero-order valence-electron chi connectivity index (χ0n) is 9.98. The summed E-state index contributed by atoms with van der Waals surface area (Å²) >= 11 is 5.83. The Balaban J connectivity index is 2.80. The SMILES string of the molecule is CCC(CC)CNS(=O)(=O)c1cnccc1Cl. The van der Waals surface area contributed by atoms with E-state index in [4.69, 9.17) is 11.6 Å². The fraction of sp³-hybridized carbons (Fsp3) is 0.545. The third-order valence-corrected chi connectivity index (χ3v) is 4.63. The van der Waals surface area contributed by atoms with Gasteiger partial charge in [0, 0.05) is 18.9 Å². The van der Waals surface area contributed by atoms with Crippen molar-refractivity contribution in [2.24, 2.45) is 5.92 Å². The molecule has 4 nitrogen and oxygen atoms in total. The lowest BCUT2D eigenvalue weighted by molar-refractivity contribution is 0.479. The maximum atomic E-state index is 12.0. The molecule has 1 aromatic heterocycles. The lowest BCUT2D eigenvalue weighted by Gasteiger charge is -2.13. The van der Waals surface area contributed by atoms with Crippen LogP contribution in [0, 0.1) is 5.92 Å². The molecule has 0 aliphatic heterocycles. The summed E-state index contributed by atoms with van der Waals surface area (Å²) in [7, 11) is -3.55. The molecule has 0 spiro atoms. The molecular formula is C11H17ClN2O2S. The first kappa shape index (κ1) is 14.4. The number of rotatable bonds is 6. The topological polar surface area (TPSA) is 59.1 Å². The van der Waals surface area contributed by atoms with Crippen molar-refractivity contribution in [3.8, 4) is 0 Å². The normalized spacial score (nSPS) is 12.0. The summed E-state index contributed by atoms with van der Waals surface area (Å²) in [4.78, 5) is 3.81. The third-order valence-electron chi connectivity index (χ3n) is 2.74. The first-order chi connectivity index (χ1) is 8.01. The van der Waals surface area contributed by atoms with Crippen molar-refractivity contribution < 1.29 is 8.42 Å². The maximum absolute atomic E-state index is 12.0. The second kappa shape index (κ2) is 6.33. The van der Waals surface area contributed by atoms with Crippen LogP contribution in [0.3, 0.4) is 0 Å². The fourth-order valence-electron chi connectivity index (χ4n) is 1.44. The number of aromatic nitrogens is 1. The van der Waals surface area contributed by atoms with E-state index in [0.29, 0.717) is 12.5 Å². The molecular weight excluding hydrogens is 260 g/mol. The number of halogens is 1. The number of hydrogen-bond donors (Lipinski definition) is 1. The second-order valence-corrected chi connectivity index (χ2v) is 5.98. The van der Waals surface area contributed by atoms with Crippen LogP contribution in [-0.2, 0) is 10.0 Å². The van der Waals surface area contributed by atoms with Gasteiger partial charge in [0.25, 0.3) is 0 Å². The van der Waals surface area contributed by atoms with Crippen molar-refractivity contribution >= 4 is 21.6 Å². The van der Waals surface area contributed by atoms with E-state index < -0.39 is 10.0 Å². The van der Waals surface area contributed by atoms with Crippen LogP contribution in [0.1, 0.15) is 26.7 Å². The minimum Gasteiger partial charge on any atom is -0.263 e. The summed E-state index contributed by atoms with van der Waals surface area (Å²) in [5.74, 6) is 0.347. The molecule has 0 saturated carbocycles. The zero-order valence-corrected chi connectivity index (χ0v) is 11.6. The summed E-state index contributed by atoms with van der Waals surface area (Å²) in [5.41, 5.74) is 0. The van der Waals surface area contributed by atoms with Crippen molar-refractivity contribution in [1.82, 2.24) is 9.71 Å². The van der Waals surface area contributed by atoms with Crippen LogP contribution in [-0.4, -0.2) is 19.9 Å². The smallest absolute Gasteiger partial charge is 0.243 e. The van der Waals surface area contributed by atoms with Gasteiger partial charge in [0.15, 0.2) is 0 Å². The highest BCUT2D eigenvalue weighted by Crippen LogP contribution is 2.19. The molecule has 0 aliphatic carbocycles. The molecule has 0 aromatic carbocycles. The van der Waals surface area contributed by atoms with Crippen LogP contribution < -0.4 is 4.72 Å². The van der Waals surface area contributed by atoms with Crippen LogP contribution in [0.15, 0.2) is 23.4 Å². The zero-order chi connectivity index (χ0) is 12.9. The van der Waals surface area contributed by atoms with Gasteiger partial charge in [0.2, 0.25) is 10.0 Å². The molecule has 1 heterocycles. The van der Waals surface area contributed by atoms with Crippen molar-refractivity contribution in [2.75, 3.05) is 6.54 Å². The molecule has 0 bridgehead atoms. The van der Waals surface area contributed by atoms with E-state index in [9.17, 15) is 8.42 Å². The first-order valence-electron chi connectivity index (χ1n) is 5.60. The largest absolute Gasteiger partial charge is 0.263 e. The molecule has 0 radical (unpaired) electrons. The van der Waals surface area contributed by atoms with E-state index >= 15 is 0 Å². The molecule has 6 heteroatoms. The average Bonchev–Trinajstić information content (AvgIpc) is 2.30. The lowest BCUT2D eigenvalue weighted by atomic mass is 10.0. The molecule has 0 saturated heterocycles. The number of pyridine rings is 1. The van der Waals surface area contributed by atoms with Gasteiger partial charge in [-0.15, -0.1) is 0 Å². The van der Waals surface area contributed by atoms with E-state index in [1.807, 2.05) is 13.8 Å². The highest BCUT2D eigenvalue weighted by Gasteiger charge is 2.18. The van der Waals surface area contributed by atoms with E-state index in [0.717, 1.165) is 12.8 Å². The first-order valence-corrected chi connectivity index (χ1v) is 7.46. The molecule has 1 N–H and O–H groups in total. The Bertz CT molecular complexity index is 458. The number of nitrogens with one attached hydrogen (secondary N) is 1. The summed E-state index contributed by atoms with van der Waals surface area (Å²) in [6.07, 6.45) is 4.61. The molecule has 0 amide bonds. The highest BCUT2D eigenvalue weighted by molar-refractivity contribution is 7.89. The van der Waals surface area contributed by atoms with Gasteiger partial charge in [-0.1, -0.05) is 38.3 Å². The van der Waals surface area contributed by atoms with E-state index in [2.05, 4.69) is 9.71 Å². The van der Waals surface area contributed by atoms with E-state index in [-0.39, 0.29) is 9.92 Å². The van der Waals surface area contributed by atoms with Gasteiger partial charge in [-0.2, -0.15) is 0 Å². The van der Waals surface area contributed by atoms with Crippen molar-refractivity contribution in [1.29, 1.82) is 0 Å². The lowest BCUT2D eigenvalue weighted by Crippen LogP contribution is -2.29. The third kappa shape index (κ3) is 3.94. The molecule has 96 valence electrons. The predicted molar refractivity (Wildman–Crippen MR) is 68.5 cm³/mol. The molecule has 17 heavy (non-hydrogen) atoms. The monoisotopic (exact) mass is 276 g/mol. The summed E-state index contributed by atoms with van der Waals surface area (Å²) in [6.45, 7) is 4.51. The molecule has 0 fully saturated rings. The minimum atomic E-state index is -3.55. The Morgan fingerprint density at radius 2 is 2.06 bits per heavy atom. The fourth-order valence-corrected chi connectivity index (χ4v) is 2.99. The Kier molecular flexibility index (Phi) is 5.36. The van der Waals surface area contributed by atoms with Crippen molar-refractivity contribution in [2.45, 2.75) is 31.6 Å². The average molecular weight is 277 g/mol. The Morgan fingerprint density at radius 3 is 2.59 bits per heavy atom. The number of sulfonamides is 1. The number of nitrogens with zero attached hydrogens (tertiary/aromatic N) is 1. The van der Waals surface area contributed by atoms with Crippen LogP contribution in [0.25, 0.3) is 0 Å². The summed E-state index contributed by atoms with van der Waals surface area (Å²) in [5, 5.41) is 0.192. The van der Waals surface area contributed by atoms with E-state index in [1.165, 1.54) is 18.5 Å². The molecule has 1 rings (SSSR count). The van der Waals surface area contributed by atoms with Gasteiger partial charge in [-0.05, 0) is 12.0 Å². The van der Waals surface area contributed by atoms with Crippen LogP contribution in [0.5, 0.6) is 0 Å². The van der Waals surface area contributed by atoms with Gasteiger partial charge in [0.05, 0.1) is 5.02 Å². The minimum absolute atomic E-state index is 0.0348. The standard InChI is InChI=1S/C11H17ClN2O2S/c1-3-9(4-2)7-14-17(15,16)11-8-13-6-5-10(11)12/h5-6,8-9,14H,3-4,7H2,1-2H3. The van der Waals surface area contributed by atoms with Gasteiger partial charge < -0.3 is 0 Å². The van der Waals surface area contributed by atoms with E-state index in [1.54, 1.807) is 0 Å². The van der Waals surface area contributed by atoms with Gasteiger partial charge >= 0.3 is 0 Å². The van der Waals surface area contributed by atoms with Crippen molar-refractivity contribution in [3.63, 3.8) is 0 Å². The Morgan fingerprint density at radius 1 is 1.41 bits per heavy atom. The Labute approximate surface area is 107 Å². The predicted octanol–water partition coefficient (Wildman–Crippen LogP) is 2.45. The second-order valence-electron chi connectivity index (χ2n) is 3.84. The molecule has 0 atom stereocenters. The van der Waals surface area contributed by atoms with Crippen LogP contribution in [0.4, 0.5) is 0 Å². The van der Waals surface area contributed by atoms with Crippen LogP contribution >= 0.6 is 11.6 Å². The quantitative estimate of drug-likeness (QED) is 0.868. The van der Waals surface area contributed by atoms with Gasteiger partial charge in [-0.3, -0.25) is 4.98 Å². The summed E-state index contributed by atoms with van der Waals surface area (Å²) < 4.78 is 26.5. The van der Waals surface area contributed by atoms with Crippen LogP contribution in [0.2, 0.25) is 5.02 Å². The molecule has 0 aliphatic rings. The highest BCUT2D eigenvalue weighted by atomic mass is 35.5. The molecule has 0 unspecified atom stereocenters. The Hall–Kier alpha value is -0.650. The summed E-state index contributed by atoms with van der Waals surface area (Å²) in [6, 6.07) is 1.47. The van der Waals surface area contributed by atoms with Gasteiger partial charge in [-0.25, -0.2) is 13.1 Å². The maximum Gasteiger partial charge on any atom is 0.243 e. The van der Waals surface area contributed by atoms with Gasteiger partial charge in [0.1, 0.15) is 4.90 Å². The van der Waals surface area contributed by atoms with Crippen molar-refractivity contribution in [3.05, 3.63) is 23.5 Å². The number of hydrogen-bond acceptors (Lipinski definition) is 3.